The quantitative estimate of drug-likeness (QED) is 0.687. The van der Waals surface area contributed by atoms with E-state index in [0.717, 1.165) is 5.56 Å². The molecule has 1 amide bonds. The van der Waals surface area contributed by atoms with Gasteiger partial charge in [-0.1, -0.05) is 35.5 Å². The molecule has 3 aromatic rings. The fourth-order valence-corrected chi connectivity index (χ4v) is 2.64. The van der Waals surface area contributed by atoms with E-state index in [9.17, 15) is 4.79 Å². The van der Waals surface area contributed by atoms with E-state index in [1.807, 2.05) is 30.3 Å². The molecule has 2 heterocycles. The zero-order valence-electron chi connectivity index (χ0n) is 14.0. The molecule has 0 saturated heterocycles. The molecule has 0 saturated carbocycles. The third kappa shape index (κ3) is 3.51. The molecule has 0 aliphatic carbocycles. The van der Waals surface area contributed by atoms with E-state index < -0.39 is 0 Å². The molecule has 132 valence electrons. The zero-order chi connectivity index (χ0) is 17.8. The monoisotopic (exact) mass is 351 g/mol. The molecular formula is C19H17N3O4. The Kier molecular flexibility index (Phi) is 4.51. The van der Waals surface area contributed by atoms with Gasteiger partial charge in [-0.2, -0.15) is 4.98 Å². The maximum absolute atomic E-state index is 12.2. The van der Waals surface area contributed by atoms with Crippen LogP contribution < -0.4 is 14.8 Å². The van der Waals surface area contributed by atoms with Crippen LogP contribution in [-0.2, 0) is 6.42 Å². The van der Waals surface area contributed by atoms with Crippen LogP contribution >= 0.6 is 0 Å². The lowest BCUT2D eigenvalue weighted by Crippen LogP contribution is -2.24. The molecule has 1 N–H and O–H groups in total. The Morgan fingerprint density at radius 1 is 1.08 bits per heavy atom. The minimum atomic E-state index is -0.154. The van der Waals surface area contributed by atoms with Crippen LogP contribution in [0.25, 0.3) is 11.4 Å². The molecule has 4 rings (SSSR count). The molecule has 2 aromatic carbocycles. The first kappa shape index (κ1) is 16.1. The van der Waals surface area contributed by atoms with E-state index in [4.69, 9.17) is 14.0 Å². The summed E-state index contributed by atoms with van der Waals surface area (Å²) >= 11 is 0. The van der Waals surface area contributed by atoms with E-state index in [-0.39, 0.29) is 12.7 Å². The van der Waals surface area contributed by atoms with Crippen molar-refractivity contribution in [1.29, 1.82) is 0 Å². The second-order valence-corrected chi connectivity index (χ2v) is 5.81. The number of benzene rings is 2. The lowest BCUT2D eigenvalue weighted by molar-refractivity contribution is 0.0952. The fourth-order valence-electron chi connectivity index (χ4n) is 2.64. The van der Waals surface area contributed by atoms with Gasteiger partial charge in [-0.15, -0.1) is 0 Å². The maximum Gasteiger partial charge on any atom is 0.251 e. The molecule has 0 unspecified atom stereocenters. The first-order valence-electron chi connectivity index (χ1n) is 8.35. The molecule has 0 atom stereocenters. The summed E-state index contributed by atoms with van der Waals surface area (Å²) in [5.74, 6) is 2.23. The van der Waals surface area contributed by atoms with Crippen molar-refractivity contribution in [2.75, 3.05) is 13.3 Å². The number of ether oxygens (including phenoxy) is 2. The highest BCUT2D eigenvalue weighted by atomic mass is 16.7. The average Bonchev–Trinajstić information content (AvgIpc) is 3.34. The van der Waals surface area contributed by atoms with Crippen LogP contribution in [0.5, 0.6) is 11.5 Å². The van der Waals surface area contributed by atoms with E-state index in [2.05, 4.69) is 15.5 Å². The third-order valence-electron chi connectivity index (χ3n) is 3.99. The van der Waals surface area contributed by atoms with Crippen molar-refractivity contribution >= 4 is 5.91 Å². The number of amides is 1. The number of carbonyl (C=O) groups excluding carboxylic acids is 1. The Balaban J connectivity index is 1.26. The van der Waals surface area contributed by atoms with Crippen LogP contribution in [0.15, 0.2) is 53.1 Å². The molecule has 0 fully saturated rings. The molecule has 7 heteroatoms. The molecule has 26 heavy (non-hydrogen) atoms. The number of aromatic nitrogens is 2. The molecule has 7 nitrogen and oxygen atoms in total. The Bertz CT molecular complexity index is 908. The van der Waals surface area contributed by atoms with Gasteiger partial charge in [0.15, 0.2) is 11.5 Å². The Morgan fingerprint density at radius 2 is 1.92 bits per heavy atom. The van der Waals surface area contributed by atoms with Gasteiger partial charge in [0.05, 0.1) is 0 Å². The predicted octanol–water partition coefficient (Wildman–Crippen LogP) is 2.83. The number of hydrogen-bond acceptors (Lipinski definition) is 6. The maximum atomic E-state index is 12.2. The summed E-state index contributed by atoms with van der Waals surface area (Å²) < 4.78 is 15.8. The highest BCUT2D eigenvalue weighted by Gasteiger charge is 2.16. The fraction of sp³-hybridized carbons (Fsp3) is 0.211. The van der Waals surface area contributed by atoms with Crippen molar-refractivity contribution in [3.8, 4) is 22.9 Å². The van der Waals surface area contributed by atoms with Crippen molar-refractivity contribution < 1.29 is 18.8 Å². The number of hydrogen-bond donors (Lipinski definition) is 1. The average molecular weight is 351 g/mol. The molecule has 0 spiro atoms. The summed E-state index contributed by atoms with van der Waals surface area (Å²) in [6.45, 7) is 0.700. The first-order valence-corrected chi connectivity index (χ1v) is 8.35. The van der Waals surface area contributed by atoms with Crippen molar-refractivity contribution in [2.45, 2.75) is 12.8 Å². The minimum absolute atomic E-state index is 0.154. The second-order valence-electron chi connectivity index (χ2n) is 5.81. The highest BCUT2D eigenvalue weighted by Crippen LogP contribution is 2.32. The van der Waals surface area contributed by atoms with Crippen LogP contribution in [0.2, 0.25) is 0 Å². The number of carbonyl (C=O) groups is 1. The van der Waals surface area contributed by atoms with Gasteiger partial charge in [-0.25, -0.2) is 0 Å². The summed E-state index contributed by atoms with van der Waals surface area (Å²) in [6, 6.07) is 14.8. The molecule has 1 aromatic heterocycles. The minimum Gasteiger partial charge on any atom is -0.454 e. The van der Waals surface area contributed by atoms with E-state index in [1.54, 1.807) is 18.2 Å². The first-order chi connectivity index (χ1) is 12.8. The van der Waals surface area contributed by atoms with Crippen molar-refractivity contribution in [1.82, 2.24) is 15.5 Å². The number of nitrogens with one attached hydrogen (secondary N) is 1. The largest absolute Gasteiger partial charge is 0.454 e. The van der Waals surface area contributed by atoms with Crippen LogP contribution in [0, 0.1) is 0 Å². The van der Waals surface area contributed by atoms with Crippen LogP contribution in [-0.4, -0.2) is 29.4 Å². The highest BCUT2D eigenvalue weighted by molar-refractivity contribution is 5.94. The Labute approximate surface area is 149 Å². The van der Waals surface area contributed by atoms with Gasteiger partial charge in [0.25, 0.3) is 5.91 Å². The number of fused-ring (bicyclic) bond motifs is 1. The van der Waals surface area contributed by atoms with Gasteiger partial charge in [-0.05, 0) is 24.6 Å². The molecule has 0 radical (unpaired) electrons. The van der Waals surface area contributed by atoms with Gasteiger partial charge in [0, 0.05) is 24.1 Å². The van der Waals surface area contributed by atoms with E-state index >= 15 is 0 Å². The van der Waals surface area contributed by atoms with Crippen LogP contribution in [0.3, 0.4) is 0 Å². The zero-order valence-corrected chi connectivity index (χ0v) is 14.0. The number of aryl methyl sites for hydroxylation is 1. The Hall–Kier alpha value is -3.35. The summed E-state index contributed by atoms with van der Waals surface area (Å²) in [6.07, 6.45) is 1.30. The Morgan fingerprint density at radius 3 is 2.81 bits per heavy atom. The molecular weight excluding hydrogens is 334 g/mol. The van der Waals surface area contributed by atoms with Gasteiger partial charge in [-0.3, -0.25) is 4.79 Å². The van der Waals surface area contributed by atoms with Crippen molar-refractivity contribution in [3.63, 3.8) is 0 Å². The van der Waals surface area contributed by atoms with Gasteiger partial charge in [0.2, 0.25) is 18.5 Å². The van der Waals surface area contributed by atoms with Crippen LogP contribution in [0.4, 0.5) is 0 Å². The van der Waals surface area contributed by atoms with Gasteiger partial charge in [0.1, 0.15) is 0 Å². The summed E-state index contributed by atoms with van der Waals surface area (Å²) in [4.78, 5) is 16.6. The molecule has 1 aliphatic rings. The van der Waals surface area contributed by atoms with Crippen molar-refractivity contribution in [3.05, 3.63) is 60.0 Å². The lowest BCUT2D eigenvalue weighted by atomic mass is 10.2. The van der Waals surface area contributed by atoms with Gasteiger partial charge >= 0.3 is 0 Å². The van der Waals surface area contributed by atoms with Gasteiger partial charge < -0.3 is 19.3 Å². The standard InChI is InChI=1S/C19H17N3O4/c23-19(14-8-9-15-16(11-14)25-12-24-15)20-10-4-7-17-21-18(22-26-17)13-5-2-1-3-6-13/h1-3,5-6,8-9,11H,4,7,10,12H2,(H,20,23). The van der Waals surface area contributed by atoms with Crippen LogP contribution in [0.1, 0.15) is 22.7 Å². The topological polar surface area (TPSA) is 86.5 Å². The second kappa shape index (κ2) is 7.26. The predicted molar refractivity (Wildman–Crippen MR) is 93.0 cm³/mol. The van der Waals surface area contributed by atoms with E-state index in [1.165, 1.54) is 0 Å². The number of nitrogens with zero attached hydrogens (tertiary/aromatic N) is 2. The molecule has 1 aliphatic heterocycles. The molecule has 0 bridgehead atoms. The van der Waals surface area contributed by atoms with E-state index in [0.29, 0.717) is 48.2 Å². The SMILES string of the molecule is O=C(NCCCc1nc(-c2ccccc2)no1)c1ccc2c(c1)OCO2. The third-order valence-corrected chi connectivity index (χ3v) is 3.99. The summed E-state index contributed by atoms with van der Waals surface area (Å²) in [5, 5.41) is 6.86. The van der Waals surface area contributed by atoms with Crippen molar-refractivity contribution in [2.24, 2.45) is 0 Å². The smallest absolute Gasteiger partial charge is 0.251 e. The summed E-state index contributed by atoms with van der Waals surface area (Å²) in [7, 11) is 0. The lowest BCUT2D eigenvalue weighted by Gasteiger charge is -2.05. The number of rotatable bonds is 6. The summed E-state index contributed by atoms with van der Waals surface area (Å²) in [5.41, 5.74) is 1.46. The normalized spacial score (nSPS) is 12.2.